The quantitative estimate of drug-likeness (QED) is 0.558. The molecule has 0 aliphatic carbocycles. The first kappa shape index (κ1) is 21.1. The van der Waals surface area contributed by atoms with Crippen LogP contribution in [0.15, 0.2) is 78.9 Å². The van der Waals surface area contributed by atoms with Crippen LogP contribution in [-0.4, -0.2) is 26.2 Å². The van der Waals surface area contributed by atoms with Gasteiger partial charge in [-0.15, -0.1) is 0 Å². The first-order valence-electron chi connectivity index (χ1n) is 9.21. The molecule has 5 nitrogen and oxygen atoms in total. The summed E-state index contributed by atoms with van der Waals surface area (Å²) in [4.78, 5) is 12.6. The van der Waals surface area contributed by atoms with Gasteiger partial charge in [0.05, 0.1) is 13.2 Å². The molecule has 3 aromatic carbocycles. The van der Waals surface area contributed by atoms with Gasteiger partial charge < -0.3 is 19.5 Å². The van der Waals surface area contributed by atoms with Crippen molar-refractivity contribution in [3.05, 3.63) is 90.0 Å². The van der Waals surface area contributed by atoms with Crippen molar-refractivity contribution in [2.24, 2.45) is 0 Å². The van der Waals surface area contributed by atoms with E-state index in [-0.39, 0.29) is 18.3 Å². The van der Waals surface area contributed by atoms with Crippen LogP contribution in [-0.2, 0) is 4.79 Å². The van der Waals surface area contributed by atoms with Gasteiger partial charge in [-0.3, -0.25) is 4.79 Å². The van der Waals surface area contributed by atoms with Gasteiger partial charge in [-0.25, -0.2) is 0 Å². The standard InChI is InChI=1S/C23H21F2NO4/c1-28-19-9-5-6-10-20(19)29-15-21(27)26-22(16-7-3-2-4-8-16)17-11-13-18(14-12-17)30-23(24)25/h2-14,22-23H,15H2,1H3,(H,26,27)/t22-/m1/s1. The summed E-state index contributed by atoms with van der Waals surface area (Å²) in [6.45, 7) is -3.11. The highest BCUT2D eigenvalue weighted by Crippen LogP contribution is 2.27. The zero-order chi connectivity index (χ0) is 21.3. The van der Waals surface area contributed by atoms with Crippen LogP contribution in [0.2, 0.25) is 0 Å². The molecule has 0 unspecified atom stereocenters. The van der Waals surface area contributed by atoms with Gasteiger partial charge in [0.25, 0.3) is 5.91 Å². The maximum Gasteiger partial charge on any atom is 0.387 e. The van der Waals surface area contributed by atoms with Gasteiger partial charge in [0.15, 0.2) is 18.1 Å². The molecule has 7 heteroatoms. The van der Waals surface area contributed by atoms with Gasteiger partial charge >= 0.3 is 6.61 Å². The average Bonchev–Trinajstić information content (AvgIpc) is 2.77. The molecule has 0 radical (unpaired) electrons. The summed E-state index contributed by atoms with van der Waals surface area (Å²) in [5.41, 5.74) is 1.55. The summed E-state index contributed by atoms with van der Waals surface area (Å²) in [5.74, 6) is 0.688. The number of amides is 1. The smallest absolute Gasteiger partial charge is 0.387 e. The number of carbonyl (C=O) groups excluding carboxylic acids is 1. The predicted octanol–water partition coefficient (Wildman–Crippen LogP) is 4.58. The van der Waals surface area contributed by atoms with Crippen LogP contribution < -0.4 is 19.5 Å². The molecule has 0 bridgehead atoms. The van der Waals surface area contributed by atoms with Crippen LogP contribution in [0.4, 0.5) is 8.78 Å². The first-order valence-corrected chi connectivity index (χ1v) is 9.21. The Hall–Kier alpha value is -3.61. The fraction of sp³-hybridized carbons (Fsp3) is 0.174. The van der Waals surface area contributed by atoms with Crippen molar-refractivity contribution in [3.63, 3.8) is 0 Å². The topological polar surface area (TPSA) is 56.8 Å². The van der Waals surface area contributed by atoms with Crippen molar-refractivity contribution < 1.29 is 27.8 Å². The molecule has 1 atom stereocenters. The van der Waals surface area contributed by atoms with Crippen molar-refractivity contribution in [3.8, 4) is 17.2 Å². The van der Waals surface area contributed by atoms with Gasteiger partial charge in [0, 0.05) is 0 Å². The maximum absolute atomic E-state index is 12.6. The Kier molecular flexibility index (Phi) is 7.21. The maximum atomic E-state index is 12.6. The molecule has 1 amide bonds. The van der Waals surface area contributed by atoms with Crippen molar-refractivity contribution in [1.29, 1.82) is 0 Å². The fourth-order valence-electron chi connectivity index (χ4n) is 2.93. The molecule has 0 saturated carbocycles. The highest BCUT2D eigenvalue weighted by Gasteiger charge is 2.18. The lowest BCUT2D eigenvalue weighted by molar-refractivity contribution is -0.123. The lowest BCUT2D eigenvalue weighted by Gasteiger charge is -2.20. The second-order valence-corrected chi connectivity index (χ2v) is 6.30. The Morgan fingerprint density at radius 1 is 0.867 bits per heavy atom. The van der Waals surface area contributed by atoms with Crippen molar-refractivity contribution in [1.82, 2.24) is 5.32 Å². The zero-order valence-corrected chi connectivity index (χ0v) is 16.3. The minimum Gasteiger partial charge on any atom is -0.493 e. The lowest BCUT2D eigenvalue weighted by atomic mass is 9.98. The second kappa shape index (κ2) is 10.2. The van der Waals surface area contributed by atoms with Crippen LogP contribution in [0, 0.1) is 0 Å². The molecule has 0 aliphatic heterocycles. The fourth-order valence-corrected chi connectivity index (χ4v) is 2.93. The van der Waals surface area contributed by atoms with E-state index in [0.717, 1.165) is 5.56 Å². The van der Waals surface area contributed by atoms with Crippen LogP contribution in [0.5, 0.6) is 17.2 Å². The van der Waals surface area contributed by atoms with Gasteiger partial charge in [0.1, 0.15) is 5.75 Å². The molecule has 0 saturated heterocycles. The van der Waals surface area contributed by atoms with E-state index in [9.17, 15) is 13.6 Å². The third kappa shape index (κ3) is 5.70. The van der Waals surface area contributed by atoms with E-state index in [4.69, 9.17) is 9.47 Å². The van der Waals surface area contributed by atoms with Crippen LogP contribution in [0.3, 0.4) is 0 Å². The van der Waals surface area contributed by atoms with Crippen LogP contribution in [0.25, 0.3) is 0 Å². The molecule has 0 aliphatic rings. The Balaban J connectivity index is 1.74. The molecule has 156 valence electrons. The summed E-state index contributed by atoms with van der Waals surface area (Å²) in [7, 11) is 1.52. The number of benzene rings is 3. The number of halogens is 2. The van der Waals surface area contributed by atoms with Gasteiger partial charge in [-0.05, 0) is 35.4 Å². The third-order valence-corrected chi connectivity index (χ3v) is 4.30. The summed E-state index contributed by atoms with van der Waals surface area (Å²) >= 11 is 0. The van der Waals surface area contributed by atoms with E-state index in [1.165, 1.54) is 19.2 Å². The molecule has 0 fully saturated rings. The minimum atomic E-state index is -2.90. The normalized spacial score (nSPS) is 11.6. The van der Waals surface area contributed by atoms with Crippen molar-refractivity contribution in [2.75, 3.05) is 13.7 Å². The van der Waals surface area contributed by atoms with E-state index in [2.05, 4.69) is 10.1 Å². The number of hydrogen-bond acceptors (Lipinski definition) is 4. The van der Waals surface area contributed by atoms with Gasteiger partial charge in [-0.1, -0.05) is 54.6 Å². The highest BCUT2D eigenvalue weighted by molar-refractivity contribution is 5.78. The van der Waals surface area contributed by atoms with Crippen molar-refractivity contribution in [2.45, 2.75) is 12.7 Å². The number of hydrogen-bond donors (Lipinski definition) is 1. The molecule has 3 aromatic rings. The summed E-state index contributed by atoms with van der Waals surface area (Å²) in [6.07, 6.45) is 0. The molecule has 0 heterocycles. The second-order valence-electron chi connectivity index (χ2n) is 6.30. The van der Waals surface area contributed by atoms with E-state index < -0.39 is 12.7 Å². The predicted molar refractivity (Wildman–Crippen MR) is 108 cm³/mol. The van der Waals surface area contributed by atoms with Crippen LogP contribution >= 0.6 is 0 Å². The van der Waals surface area contributed by atoms with E-state index in [1.54, 1.807) is 36.4 Å². The third-order valence-electron chi connectivity index (χ3n) is 4.30. The Morgan fingerprint density at radius 3 is 2.10 bits per heavy atom. The Morgan fingerprint density at radius 2 is 1.47 bits per heavy atom. The first-order chi connectivity index (χ1) is 14.6. The molecule has 0 aromatic heterocycles. The summed E-state index contributed by atoms with van der Waals surface area (Å²) in [5, 5.41) is 2.92. The lowest BCUT2D eigenvalue weighted by Crippen LogP contribution is -2.33. The van der Waals surface area contributed by atoms with E-state index in [1.807, 2.05) is 30.3 Å². The number of alkyl halides is 2. The monoisotopic (exact) mass is 413 g/mol. The number of methoxy groups -OCH3 is 1. The Bertz CT molecular complexity index is 949. The molecule has 30 heavy (non-hydrogen) atoms. The molecule has 3 rings (SSSR count). The van der Waals surface area contributed by atoms with Gasteiger partial charge in [0.2, 0.25) is 0 Å². The van der Waals surface area contributed by atoms with Gasteiger partial charge in [-0.2, -0.15) is 8.78 Å². The number of rotatable bonds is 9. The van der Waals surface area contributed by atoms with E-state index in [0.29, 0.717) is 17.1 Å². The minimum absolute atomic E-state index is 0.0476. The number of nitrogens with one attached hydrogen (secondary N) is 1. The SMILES string of the molecule is COc1ccccc1OCC(=O)N[C@H](c1ccccc1)c1ccc(OC(F)F)cc1. The number of ether oxygens (including phenoxy) is 3. The average molecular weight is 413 g/mol. The summed E-state index contributed by atoms with van der Waals surface area (Å²) in [6, 6.07) is 22.0. The molecular formula is C23H21F2NO4. The van der Waals surface area contributed by atoms with E-state index >= 15 is 0 Å². The largest absolute Gasteiger partial charge is 0.493 e. The van der Waals surface area contributed by atoms with Crippen molar-refractivity contribution >= 4 is 5.91 Å². The molecule has 0 spiro atoms. The summed E-state index contributed by atoms with van der Waals surface area (Å²) < 4.78 is 40.0. The zero-order valence-electron chi connectivity index (χ0n) is 16.3. The highest BCUT2D eigenvalue weighted by atomic mass is 19.3. The number of para-hydroxylation sites is 2. The molecule has 1 N–H and O–H groups in total. The molecular weight excluding hydrogens is 392 g/mol. The number of carbonyl (C=O) groups is 1. The Labute approximate surface area is 173 Å². The van der Waals surface area contributed by atoms with Crippen LogP contribution in [0.1, 0.15) is 17.2 Å².